The van der Waals surface area contributed by atoms with Crippen LogP contribution >= 0.6 is 0 Å². The number of imidazole rings is 1. The Kier molecular flexibility index (Phi) is 4.26. The molecule has 1 fully saturated rings. The van der Waals surface area contributed by atoms with Crippen molar-refractivity contribution in [2.24, 2.45) is 11.8 Å². The monoisotopic (exact) mass is 280 g/mol. The lowest BCUT2D eigenvalue weighted by Gasteiger charge is -2.41. The van der Waals surface area contributed by atoms with Gasteiger partial charge in [-0.3, -0.25) is 4.79 Å². The third-order valence-corrected chi connectivity index (χ3v) is 3.85. The van der Waals surface area contributed by atoms with Gasteiger partial charge in [0, 0.05) is 31.4 Å². The maximum Gasteiger partial charge on any atom is 0.318 e. The fraction of sp³-hybridized carbons (Fsp3) is 0.615. The molecule has 2 amide bonds. The normalized spacial score (nSPS) is 18.2. The van der Waals surface area contributed by atoms with Crippen LogP contribution in [0.15, 0.2) is 12.4 Å². The Balaban J connectivity index is 1.83. The first kappa shape index (κ1) is 14.4. The van der Waals surface area contributed by atoms with Crippen molar-refractivity contribution >= 4 is 12.0 Å². The molecular weight excluding hydrogens is 260 g/mol. The number of carbonyl (C=O) groups is 2. The quantitative estimate of drug-likeness (QED) is 0.755. The van der Waals surface area contributed by atoms with E-state index in [1.54, 1.807) is 24.2 Å². The highest BCUT2D eigenvalue weighted by atomic mass is 16.4. The number of aromatic amines is 1. The number of hydrogen-bond donors (Lipinski definition) is 3. The number of amides is 2. The van der Waals surface area contributed by atoms with Crippen molar-refractivity contribution in [2.75, 3.05) is 13.1 Å². The molecule has 0 saturated carbocycles. The number of carboxylic acids is 1. The Morgan fingerprint density at radius 2 is 2.30 bits per heavy atom. The number of hydrogen-bond acceptors (Lipinski definition) is 3. The van der Waals surface area contributed by atoms with E-state index in [0.717, 1.165) is 12.2 Å². The predicted octanol–water partition coefficient (Wildman–Crippen LogP) is 1.22. The van der Waals surface area contributed by atoms with Gasteiger partial charge in [0.15, 0.2) is 0 Å². The standard InChI is InChI=1S/C13H20N4O3/c1-3-10(11-14-4-5-15-11)16-13(20)17-6-9(7-17)8(2)12(18)19/h4-5,8-10H,3,6-7H2,1-2H3,(H,14,15)(H,16,20)(H,18,19). The van der Waals surface area contributed by atoms with Gasteiger partial charge < -0.3 is 20.3 Å². The Labute approximate surface area is 117 Å². The molecule has 3 N–H and O–H groups in total. The number of H-pyrrole nitrogens is 1. The van der Waals surface area contributed by atoms with E-state index in [1.807, 2.05) is 6.92 Å². The highest BCUT2D eigenvalue weighted by molar-refractivity contribution is 5.76. The number of nitrogens with zero attached hydrogens (tertiary/aromatic N) is 2. The van der Waals surface area contributed by atoms with E-state index in [2.05, 4.69) is 15.3 Å². The van der Waals surface area contributed by atoms with Gasteiger partial charge in [-0.25, -0.2) is 9.78 Å². The van der Waals surface area contributed by atoms with E-state index in [0.29, 0.717) is 13.1 Å². The van der Waals surface area contributed by atoms with E-state index in [4.69, 9.17) is 5.11 Å². The van der Waals surface area contributed by atoms with Crippen LogP contribution in [0.3, 0.4) is 0 Å². The first-order chi connectivity index (χ1) is 9.52. The molecule has 1 aromatic rings. The van der Waals surface area contributed by atoms with Gasteiger partial charge in [0.1, 0.15) is 5.82 Å². The van der Waals surface area contributed by atoms with E-state index in [1.165, 1.54) is 0 Å². The van der Waals surface area contributed by atoms with Gasteiger partial charge in [-0.2, -0.15) is 0 Å². The molecule has 7 nitrogen and oxygen atoms in total. The average Bonchev–Trinajstić information content (AvgIpc) is 2.87. The Hall–Kier alpha value is -2.05. The van der Waals surface area contributed by atoms with Gasteiger partial charge in [0.25, 0.3) is 0 Å². The number of rotatable bonds is 5. The number of carboxylic acid groups (broad SMARTS) is 1. The lowest BCUT2D eigenvalue weighted by Crippen LogP contribution is -2.56. The van der Waals surface area contributed by atoms with Crippen molar-refractivity contribution < 1.29 is 14.7 Å². The number of aliphatic carboxylic acids is 1. The summed E-state index contributed by atoms with van der Waals surface area (Å²) in [6.45, 7) is 4.64. The van der Waals surface area contributed by atoms with Crippen molar-refractivity contribution in [3.63, 3.8) is 0 Å². The first-order valence-corrected chi connectivity index (χ1v) is 6.80. The zero-order chi connectivity index (χ0) is 14.7. The van der Waals surface area contributed by atoms with Gasteiger partial charge in [0.05, 0.1) is 12.0 Å². The highest BCUT2D eigenvalue weighted by Crippen LogP contribution is 2.24. The third-order valence-electron chi connectivity index (χ3n) is 3.85. The van der Waals surface area contributed by atoms with Gasteiger partial charge in [0.2, 0.25) is 0 Å². The van der Waals surface area contributed by atoms with Crippen LogP contribution in [0.5, 0.6) is 0 Å². The van der Waals surface area contributed by atoms with Crippen LogP contribution in [0.4, 0.5) is 4.79 Å². The molecule has 1 saturated heterocycles. The van der Waals surface area contributed by atoms with Gasteiger partial charge in [-0.05, 0) is 6.42 Å². The minimum Gasteiger partial charge on any atom is -0.481 e. The summed E-state index contributed by atoms with van der Waals surface area (Å²) in [5, 5.41) is 11.8. The van der Waals surface area contributed by atoms with Crippen LogP contribution < -0.4 is 5.32 Å². The molecule has 0 bridgehead atoms. The molecule has 0 aliphatic carbocycles. The van der Waals surface area contributed by atoms with Crippen molar-refractivity contribution in [1.29, 1.82) is 0 Å². The molecule has 7 heteroatoms. The second-order valence-corrected chi connectivity index (χ2v) is 5.18. The van der Waals surface area contributed by atoms with E-state index < -0.39 is 11.9 Å². The van der Waals surface area contributed by atoms with Crippen LogP contribution in [-0.4, -0.2) is 45.1 Å². The number of likely N-dealkylation sites (tertiary alicyclic amines) is 1. The second-order valence-electron chi connectivity index (χ2n) is 5.18. The maximum absolute atomic E-state index is 12.1. The molecule has 0 aromatic carbocycles. The number of nitrogens with one attached hydrogen (secondary N) is 2. The minimum atomic E-state index is -0.808. The molecule has 0 radical (unpaired) electrons. The Morgan fingerprint density at radius 1 is 1.60 bits per heavy atom. The molecular formula is C13H20N4O3. The van der Waals surface area contributed by atoms with Crippen molar-refractivity contribution in [2.45, 2.75) is 26.3 Å². The van der Waals surface area contributed by atoms with E-state index in [9.17, 15) is 9.59 Å². The minimum absolute atomic E-state index is 0.0435. The van der Waals surface area contributed by atoms with Gasteiger partial charge in [-0.15, -0.1) is 0 Å². The fourth-order valence-electron chi connectivity index (χ4n) is 2.27. The molecule has 2 atom stereocenters. The molecule has 110 valence electrons. The zero-order valence-corrected chi connectivity index (χ0v) is 11.7. The summed E-state index contributed by atoms with van der Waals surface area (Å²) in [5.74, 6) is -0.443. The number of aromatic nitrogens is 2. The highest BCUT2D eigenvalue weighted by Gasteiger charge is 2.37. The fourth-order valence-corrected chi connectivity index (χ4v) is 2.27. The molecule has 2 rings (SSSR count). The van der Waals surface area contributed by atoms with Crippen LogP contribution in [0.25, 0.3) is 0 Å². The van der Waals surface area contributed by atoms with Crippen molar-refractivity contribution in [1.82, 2.24) is 20.2 Å². The summed E-state index contributed by atoms with van der Waals surface area (Å²) in [5.41, 5.74) is 0. The molecule has 20 heavy (non-hydrogen) atoms. The molecule has 1 aliphatic heterocycles. The van der Waals surface area contributed by atoms with Gasteiger partial charge >= 0.3 is 12.0 Å². The zero-order valence-electron chi connectivity index (χ0n) is 11.7. The Bertz CT molecular complexity index is 468. The lowest BCUT2D eigenvalue weighted by molar-refractivity contribution is -0.144. The van der Waals surface area contributed by atoms with Crippen molar-refractivity contribution in [3.05, 3.63) is 18.2 Å². The van der Waals surface area contributed by atoms with Crippen LogP contribution in [-0.2, 0) is 4.79 Å². The summed E-state index contributed by atoms with van der Waals surface area (Å²) < 4.78 is 0. The molecule has 0 spiro atoms. The second kappa shape index (κ2) is 5.94. The van der Waals surface area contributed by atoms with Crippen LogP contribution in [0.1, 0.15) is 32.1 Å². The third kappa shape index (κ3) is 2.92. The van der Waals surface area contributed by atoms with Crippen LogP contribution in [0, 0.1) is 11.8 Å². The topological polar surface area (TPSA) is 98.3 Å². The SMILES string of the molecule is CCC(NC(=O)N1CC(C(C)C(=O)O)C1)c1ncc[nH]1. The average molecular weight is 280 g/mol. The lowest BCUT2D eigenvalue weighted by atomic mass is 9.87. The van der Waals surface area contributed by atoms with E-state index >= 15 is 0 Å². The largest absolute Gasteiger partial charge is 0.481 e. The molecule has 2 unspecified atom stereocenters. The van der Waals surface area contributed by atoms with Gasteiger partial charge in [-0.1, -0.05) is 13.8 Å². The summed E-state index contributed by atoms with van der Waals surface area (Å²) in [6.07, 6.45) is 4.11. The molecule has 1 aromatic heterocycles. The predicted molar refractivity (Wildman–Crippen MR) is 72.0 cm³/mol. The summed E-state index contributed by atoms with van der Waals surface area (Å²) in [6, 6.07) is -0.310. The smallest absolute Gasteiger partial charge is 0.318 e. The summed E-state index contributed by atoms with van der Waals surface area (Å²) >= 11 is 0. The van der Waals surface area contributed by atoms with Crippen LogP contribution in [0.2, 0.25) is 0 Å². The Morgan fingerprint density at radius 3 is 2.80 bits per heavy atom. The number of carbonyl (C=O) groups excluding carboxylic acids is 1. The summed E-state index contributed by atoms with van der Waals surface area (Å²) in [7, 11) is 0. The summed E-state index contributed by atoms with van der Waals surface area (Å²) in [4.78, 5) is 31.7. The molecule has 1 aliphatic rings. The van der Waals surface area contributed by atoms with E-state index in [-0.39, 0.29) is 18.0 Å². The van der Waals surface area contributed by atoms with Crippen molar-refractivity contribution in [3.8, 4) is 0 Å². The maximum atomic E-state index is 12.1. The first-order valence-electron chi connectivity index (χ1n) is 6.80. The molecule has 2 heterocycles. The number of urea groups is 1.